The van der Waals surface area contributed by atoms with Gasteiger partial charge in [-0.2, -0.15) is 0 Å². The van der Waals surface area contributed by atoms with E-state index in [9.17, 15) is 18.0 Å². The SMILES string of the molecule is CNC(=O)C(C)N(Cc1ccccc1C)C(=O)CN(c1ccc(C)cc1C)S(=O)(=O)c1ccc(C)cc1. The Hall–Kier alpha value is -3.65. The molecule has 0 saturated heterocycles. The maximum absolute atomic E-state index is 13.9. The lowest BCUT2D eigenvalue weighted by atomic mass is 10.1. The third-order valence-electron chi connectivity index (χ3n) is 6.52. The van der Waals surface area contributed by atoms with Gasteiger partial charge in [0.05, 0.1) is 10.6 Å². The van der Waals surface area contributed by atoms with Gasteiger partial charge in [-0.15, -0.1) is 0 Å². The number of hydrogen-bond donors (Lipinski definition) is 1. The molecule has 0 spiro atoms. The largest absolute Gasteiger partial charge is 0.357 e. The van der Waals surface area contributed by atoms with Gasteiger partial charge in [-0.3, -0.25) is 13.9 Å². The van der Waals surface area contributed by atoms with Crippen molar-refractivity contribution in [1.82, 2.24) is 10.2 Å². The number of likely N-dealkylation sites (N-methyl/N-ethyl adjacent to an activating group) is 1. The summed E-state index contributed by atoms with van der Waals surface area (Å²) in [6, 6.07) is 18.8. The number of anilines is 1. The van der Waals surface area contributed by atoms with Crippen LogP contribution in [-0.4, -0.2) is 44.8 Å². The molecular weight excluding hydrogens is 486 g/mol. The van der Waals surface area contributed by atoms with Crippen LogP contribution in [0.4, 0.5) is 5.69 Å². The summed E-state index contributed by atoms with van der Waals surface area (Å²) >= 11 is 0. The first kappa shape index (κ1) is 27.9. The molecule has 0 aromatic heterocycles. The third kappa shape index (κ3) is 6.38. The van der Waals surface area contributed by atoms with Crippen molar-refractivity contribution >= 4 is 27.5 Å². The molecule has 2 amide bonds. The Morgan fingerprint density at radius 3 is 2.08 bits per heavy atom. The fraction of sp³-hybridized carbons (Fsp3) is 0.310. The van der Waals surface area contributed by atoms with E-state index in [2.05, 4.69) is 5.32 Å². The first-order chi connectivity index (χ1) is 17.4. The van der Waals surface area contributed by atoms with Crippen molar-refractivity contribution < 1.29 is 18.0 Å². The van der Waals surface area contributed by atoms with E-state index in [1.54, 1.807) is 37.3 Å². The number of benzene rings is 3. The van der Waals surface area contributed by atoms with Gasteiger partial charge in [-0.05, 0) is 69.5 Å². The van der Waals surface area contributed by atoms with Crippen LogP contribution < -0.4 is 9.62 Å². The number of nitrogens with one attached hydrogen (secondary N) is 1. The van der Waals surface area contributed by atoms with Gasteiger partial charge in [0, 0.05) is 13.6 Å². The summed E-state index contributed by atoms with van der Waals surface area (Å²) in [7, 11) is -2.57. The van der Waals surface area contributed by atoms with Crippen LogP contribution in [0.3, 0.4) is 0 Å². The van der Waals surface area contributed by atoms with E-state index >= 15 is 0 Å². The molecule has 37 heavy (non-hydrogen) atoms. The molecular formula is C29H35N3O4S. The van der Waals surface area contributed by atoms with Gasteiger partial charge in [0.2, 0.25) is 11.8 Å². The van der Waals surface area contributed by atoms with Crippen molar-refractivity contribution in [3.63, 3.8) is 0 Å². The van der Waals surface area contributed by atoms with Crippen molar-refractivity contribution in [2.45, 2.75) is 52.1 Å². The standard InChI is InChI=1S/C29H35N3O4S/c1-20-11-14-26(15-12-20)37(35,36)32(27-16-13-21(2)17-23(27)4)19-28(33)31(24(5)29(34)30-6)18-25-10-8-7-9-22(25)3/h7-17,24H,18-19H2,1-6H3,(H,30,34). The minimum Gasteiger partial charge on any atom is -0.357 e. The normalized spacial score (nSPS) is 12.1. The smallest absolute Gasteiger partial charge is 0.264 e. The maximum Gasteiger partial charge on any atom is 0.264 e. The highest BCUT2D eigenvalue weighted by Gasteiger charge is 2.33. The highest BCUT2D eigenvalue weighted by molar-refractivity contribution is 7.92. The van der Waals surface area contributed by atoms with Crippen LogP contribution in [0.25, 0.3) is 0 Å². The second-order valence-corrected chi connectivity index (χ2v) is 11.2. The zero-order valence-corrected chi connectivity index (χ0v) is 23.1. The van der Waals surface area contributed by atoms with E-state index in [4.69, 9.17) is 0 Å². The van der Waals surface area contributed by atoms with E-state index in [-0.39, 0.29) is 17.3 Å². The highest BCUT2D eigenvalue weighted by Crippen LogP contribution is 2.28. The zero-order valence-electron chi connectivity index (χ0n) is 22.3. The fourth-order valence-corrected chi connectivity index (χ4v) is 5.68. The summed E-state index contributed by atoms with van der Waals surface area (Å²) < 4.78 is 28.9. The molecule has 0 aliphatic heterocycles. The van der Waals surface area contributed by atoms with E-state index < -0.39 is 28.5 Å². The van der Waals surface area contributed by atoms with Gasteiger partial charge in [-0.25, -0.2) is 8.42 Å². The summed E-state index contributed by atoms with van der Waals surface area (Å²) in [6.45, 7) is 8.93. The van der Waals surface area contributed by atoms with Crippen LogP contribution in [-0.2, 0) is 26.2 Å². The molecule has 0 aliphatic carbocycles. The summed E-state index contributed by atoms with van der Waals surface area (Å²) in [5.74, 6) is -0.809. The Kier molecular flexibility index (Phi) is 8.76. The Balaban J connectivity index is 2.08. The number of amides is 2. The van der Waals surface area contributed by atoms with Crippen LogP contribution in [0, 0.1) is 27.7 Å². The molecule has 0 heterocycles. The van der Waals surface area contributed by atoms with Gasteiger partial charge >= 0.3 is 0 Å². The lowest BCUT2D eigenvalue weighted by Crippen LogP contribution is -2.50. The lowest BCUT2D eigenvalue weighted by molar-refractivity contribution is -0.139. The molecule has 196 valence electrons. The van der Waals surface area contributed by atoms with Gasteiger partial charge in [0.15, 0.2) is 0 Å². The molecule has 0 aliphatic rings. The van der Waals surface area contributed by atoms with Gasteiger partial charge < -0.3 is 10.2 Å². The van der Waals surface area contributed by atoms with E-state index in [0.29, 0.717) is 5.69 Å². The van der Waals surface area contributed by atoms with Crippen LogP contribution in [0.15, 0.2) is 71.6 Å². The number of hydrogen-bond acceptors (Lipinski definition) is 4. The topological polar surface area (TPSA) is 86.8 Å². The van der Waals surface area contributed by atoms with Crippen molar-refractivity contribution in [3.05, 3.63) is 94.5 Å². The highest BCUT2D eigenvalue weighted by atomic mass is 32.2. The number of aryl methyl sites for hydroxylation is 4. The Labute approximate surface area is 220 Å². The Bertz CT molecular complexity index is 1380. The summed E-state index contributed by atoms with van der Waals surface area (Å²) in [6.07, 6.45) is 0. The summed E-state index contributed by atoms with van der Waals surface area (Å²) in [5, 5.41) is 2.60. The number of nitrogens with zero attached hydrogens (tertiary/aromatic N) is 2. The lowest BCUT2D eigenvalue weighted by Gasteiger charge is -2.32. The first-order valence-electron chi connectivity index (χ1n) is 12.2. The minimum atomic E-state index is -4.08. The molecule has 0 bridgehead atoms. The Morgan fingerprint density at radius 2 is 1.49 bits per heavy atom. The molecule has 0 saturated carbocycles. The van der Waals surface area contributed by atoms with Crippen molar-refractivity contribution in [2.75, 3.05) is 17.9 Å². The van der Waals surface area contributed by atoms with Crippen molar-refractivity contribution in [3.8, 4) is 0 Å². The molecule has 1 N–H and O–H groups in total. The van der Waals surface area contributed by atoms with Gasteiger partial charge in [-0.1, -0.05) is 59.7 Å². The minimum absolute atomic E-state index is 0.0932. The third-order valence-corrected chi connectivity index (χ3v) is 8.30. The quantitative estimate of drug-likeness (QED) is 0.455. The molecule has 1 atom stereocenters. The monoisotopic (exact) mass is 521 g/mol. The second-order valence-electron chi connectivity index (χ2n) is 9.35. The number of carbonyl (C=O) groups is 2. The molecule has 8 heteroatoms. The predicted molar refractivity (Wildman–Crippen MR) is 147 cm³/mol. The second kappa shape index (κ2) is 11.6. The average Bonchev–Trinajstić information content (AvgIpc) is 2.86. The van der Waals surface area contributed by atoms with E-state index in [0.717, 1.165) is 32.1 Å². The number of sulfonamides is 1. The molecule has 3 aromatic rings. The number of rotatable bonds is 9. The molecule has 0 fully saturated rings. The molecule has 7 nitrogen and oxygen atoms in total. The van der Waals surface area contributed by atoms with Crippen LogP contribution in [0.1, 0.15) is 34.7 Å². The van der Waals surface area contributed by atoms with Crippen LogP contribution in [0.2, 0.25) is 0 Å². The zero-order chi connectivity index (χ0) is 27.3. The average molecular weight is 522 g/mol. The van der Waals surface area contributed by atoms with Crippen molar-refractivity contribution in [1.29, 1.82) is 0 Å². The summed E-state index contributed by atoms with van der Waals surface area (Å²) in [4.78, 5) is 28.0. The molecule has 0 radical (unpaired) electrons. The fourth-order valence-electron chi connectivity index (χ4n) is 4.20. The molecule has 1 unspecified atom stereocenters. The maximum atomic E-state index is 13.9. The summed E-state index contributed by atoms with van der Waals surface area (Å²) in [5.41, 5.74) is 4.91. The number of carbonyl (C=O) groups excluding carboxylic acids is 2. The van der Waals surface area contributed by atoms with Crippen LogP contribution >= 0.6 is 0 Å². The predicted octanol–water partition coefficient (Wildman–Crippen LogP) is 4.28. The molecule has 3 rings (SSSR count). The molecule has 3 aromatic carbocycles. The Morgan fingerprint density at radius 1 is 0.865 bits per heavy atom. The van der Waals surface area contributed by atoms with Gasteiger partial charge in [0.25, 0.3) is 10.0 Å². The van der Waals surface area contributed by atoms with E-state index in [1.807, 2.05) is 64.1 Å². The van der Waals surface area contributed by atoms with E-state index in [1.165, 1.54) is 11.9 Å². The first-order valence-corrected chi connectivity index (χ1v) is 13.6. The van der Waals surface area contributed by atoms with Crippen LogP contribution in [0.5, 0.6) is 0 Å². The van der Waals surface area contributed by atoms with Gasteiger partial charge in [0.1, 0.15) is 12.6 Å². The van der Waals surface area contributed by atoms with Crippen molar-refractivity contribution in [2.24, 2.45) is 0 Å².